The van der Waals surface area contributed by atoms with Crippen LogP contribution in [0.5, 0.6) is 17.2 Å². The van der Waals surface area contributed by atoms with Crippen molar-refractivity contribution in [3.05, 3.63) is 84.3 Å². The van der Waals surface area contributed by atoms with Crippen LogP contribution in [0.25, 0.3) is 11.0 Å². The van der Waals surface area contributed by atoms with Crippen molar-refractivity contribution in [1.29, 1.82) is 0 Å². The molecule has 4 aromatic rings. The maximum absolute atomic E-state index is 13.1. The summed E-state index contributed by atoms with van der Waals surface area (Å²) in [5.74, 6) is 0.946. The third-order valence-electron chi connectivity index (χ3n) is 4.72. The Morgan fingerprint density at radius 3 is 2.28 bits per heavy atom. The summed E-state index contributed by atoms with van der Waals surface area (Å²) in [6, 6.07) is 9.12. The van der Waals surface area contributed by atoms with Gasteiger partial charge in [-0.05, 0) is 41.5 Å². The highest BCUT2D eigenvalue weighted by Crippen LogP contribution is 2.38. The first-order chi connectivity index (χ1) is 15.4. The topological polar surface area (TPSA) is 92.0 Å². The second-order valence-electron chi connectivity index (χ2n) is 6.74. The van der Waals surface area contributed by atoms with Crippen LogP contribution in [0.4, 0.5) is 4.39 Å². The number of methoxy groups -OCH3 is 3. The number of aromatic nitrogens is 3. The van der Waals surface area contributed by atoms with Gasteiger partial charge < -0.3 is 14.2 Å². The molecule has 32 heavy (non-hydrogen) atoms. The molecule has 0 spiro atoms. The predicted octanol–water partition coefficient (Wildman–Crippen LogP) is 1.81. The standard InChI is InChI=1S/C22H18FN3O5S/c1-29-16-9-13(10-17(30-2)19(16)31-3)11-18-21(28)26-22(32-18)24-20(27)15(25-26)8-12-4-6-14(23)7-5-12/h4-7,9-11H,8H2,1-3H3/b18-11-. The van der Waals surface area contributed by atoms with Gasteiger partial charge in [-0.15, -0.1) is 0 Å². The number of nitrogens with zero attached hydrogens (tertiary/aromatic N) is 3. The van der Waals surface area contributed by atoms with E-state index in [9.17, 15) is 14.0 Å². The van der Waals surface area contributed by atoms with Crippen molar-refractivity contribution in [3.63, 3.8) is 0 Å². The normalized spacial score (nSPS) is 11.7. The van der Waals surface area contributed by atoms with Gasteiger partial charge in [0.15, 0.2) is 11.5 Å². The second kappa shape index (κ2) is 8.75. The number of halogens is 1. The maximum atomic E-state index is 13.1. The van der Waals surface area contributed by atoms with Gasteiger partial charge in [0.2, 0.25) is 10.7 Å². The van der Waals surface area contributed by atoms with E-state index in [0.29, 0.717) is 32.9 Å². The molecule has 0 aliphatic heterocycles. The van der Waals surface area contributed by atoms with Crippen molar-refractivity contribution < 1.29 is 18.6 Å². The SMILES string of the molecule is COc1cc(/C=c2\sc3nc(=O)c(Cc4ccc(F)cc4)nn3c2=O)cc(OC)c1OC. The molecule has 2 aromatic carbocycles. The zero-order valence-corrected chi connectivity index (χ0v) is 18.2. The molecule has 0 saturated heterocycles. The molecule has 4 rings (SSSR count). The lowest BCUT2D eigenvalue weighted by molar-refractivity contribution is 0.324. The number of rotatable bonds is 6. The van der Waals surface area contributed by atoms with Crippen LogP contribution in [0.1, 0.15) is 16.8 Å². The maximum Gasteiger partial charge on any atom is 0.296 e. The first-order valence-electron chi connectivity index (χ1n) is 9.42. The minimum atomic E-state index is -0.532. The van der Waals surface area contributed by atoms with E-state index in [2.05, 4.69) is 10.1 Å². The van der Waals surface area contributed by atoms with E-state index in [0.717, 1.165) is 15.9 Å². The molecule has 0 amide bonds. The minimum Gasteiger partial charge on any atom is -0.493 e. The monoisotopic (exact) mass is 455 g/mol. The molecule has 10 heteroatoms. The highest BCUT2D eigenvalue weighted by atomic mass is 32.1. The Morgan fingerprint density at radius 1 is 1.03 bits per heavy atom. The molecule has 8 nitrogen and oxygen atoms in total. The Morgan fingerprint density at radius 2 is 1.69 bits per heavy atom. The molecule has 2 aromatic heterocycles. The summed E-state index contributed by atoms with van der Waals surface area (Å²) in [5.41, 5.74) is 0.479. The molecule has 2 heterocycles. The van der Waals surface area contributed by atoms with Gasteiger partial charge in [-0.3, -0.25) is 9.59 Å². The molecule has 0 bridgehead atoms. The Hall–Kier alpha value is -3.79. The molecular formula is C22H18FN3O5S. The molecule has 0 N–H and O–H groups in total. The Balaban J connectivity index is 1.80. The van der Waals surface area contributed by atoms with Gasteiger partial charge >= 0.3 is 0 Å². The summed E-state index contributed by atoms with van der Waals surface area (Å²) >= 11 is 1.05. The Kier molecular flexibility index (Phi) is 5.87. The van der Waals surface area contributed by atoms with E-state index in [1.807, 2.05) is 0 Å². The largest absolute Gasteiger partial charge is 0.493 e. The van der Waals surface area contributed by atoms with E-state index in [4.69, 9.17) is 14.2 Å². The predicted molar refractivity (Wildman–Crippen MR) is 117 cm³/mol. The molecule has 0 aliphatic rings. The smallest absolute Gasteiger partial charge is 0.296 e. The van der Waals surface area contributed by atoms with E-state index in [1.54, 1.807) is 30.3 Å². The molecular weight excluding hydrogens is 437 g/mol. The number of ether oxygens (including phenoxy) is 3. The average Bonchev–Trinajstić information content (AvgIpc) is 3.08. The molecule has 0 unspecified atom stereocenters. The molecule has 164 valence electrons. The summed E-state index contributed by atoms with van der Waals surface area (Å²) in [6.45, 7) is 0. The highest BCUT2D eigenvalue weighted by Gasteiger charge is 2.14. The first kappa shape index (κ1) is 21.4. The molecule has 0 atom stereocenters. The number of hydrogen-bond donors (Lipinski definition) is 0. The minimum absolute atomic E-state index is 0.100. The van der Waals surface area contributed by atoms with Crippen LogP contribution in [0.2, 0.25) is 0 Å². The van der Waals surface area contributed by atoms with Crippen molar-refractivity contribution in [3.8, 4) is 17.2 Å². The van der Waals surface area contributed by atoms with Gasteiger partial charge in [-0.25, -0.2) is 4.39 Å². The van der Waals surface area contributed by atoms with Crippen LogP contribution >= 0.6 is 11.3 Å². The molecule has 0 fully saturated rings. The Labute approximate surface area is 185 Å². The number of hydrogen-bond acceptors (Lipinski definition) is 8. The summed E-state index contributed by atoms with van der Waals surface area (Å²) in [4.78, 5) is 29.5. The van der Waals surface area contributed by atoms with Crippen LogP contribution in [-0.2, 0) is 6.42 Å². The van der Waals surface area contributed by atoms with Gasteiger partial charge in [-0.1, -0.05) is 23.5 Å². The summed E-state index contributed by atoms with van der Waals surface area (Å²) < 4.78 is 30.6. The Bertz CT molecular complexity index is 1440. The van der Waals surface area contributed by atoms with Crippen molar-refractivity contribution in [2.24, 2.45) is 0 Å². The van der Waals surface area contributed by atoms with Gasteiger partial charge in [0.05, 0.1) is 25.9 Å². The third kappa shape index (κ3) is 4.04. The quantitative estimate of drug-likeness (QED) is 0.438. The van der Waals surface area contributed by atoms with Gasteiger partial charge in [0.1, 0.15) is 11.5 Å². The summed E-state index contributed by atoms with van der Waals surface area (Å²) in [7, 11) is 4.51. The van der Waals surface area contributed by atoms with Crippen LogP contribution in [0, 0.1) is 5.82 Å². The fourth-order valence-corrected chi connectivity index (χ4v) is 4.09. The third-order valence-corrected chi connectivity index (χ3v) is 5.68. The number of thiazole rings is 1. The second-order valence-corrected chi connectivity index (χ2v) is 7.74. The highest BCUT2D eigenvalue weighted by molar-refractivity contribution is 7.15. The van der Waals surface area contributed by atoms with Crippen LogP contribution in [0.3, 0.4) is 0 Å². The van der Waals surface area contributed by atoms with Crippen LogP contribution in [0.15, 0.2) is 46.0 Å². The van der Waals surface area contributed by atoms with Gasteiger partial charge in [0.25, 0.3) is 11.1 Å². The van der Waals surface area contributed by atoms with E-state index in [-0.39, 0.29) is 22.9 Å². The summed E-state index contributed by atoms with van der Waals surface area (Å²) in [6.07, 6.45) is 1.77. The van der Waals surface area contributed by atoms with E-state index >= 15 is 0 Å². The lowest BCUT2D eigenvalue weighted by atomic mass is 10.1. The van der Waals surface area contributed by atoms with Crippen LogP contribution < -0.4 is 29.9 Å². The van der Waals surface area contributed by atoms with Crippen molar-refractivity contribution in [1.82, 2.24) is 14.6 Å². The number of fused-ring (bicyclic) bond motifs is 1. The van der Waals surface area contributed by atoms with E-state index in [1.165, 1.54) is 33.5 Å². The van der Waals surface area contributed by atoms with Crippen molar-refractivity contribution in [2.75, 3.05) is 21.3 Å². The molecule has 0 aliphatic carbocycles. The lowest BCUT2D eigenvalue weighted by Crippen LogP contribution is -2.28. The fraction of sp³-hybridized carbons (Fsp3) is 0.182. The number of benzene rings is 2. The zero-order chi connectivity index (χ0) is 22.8. The van der Waals surface area contributed by atoms with Crippen LogP contribution in [-0.4, -0.2) is 35.9 Å². The fourth-order valence-electron chi connectivity index (χ4n) is 3.18. The zero-order valence-electron chi connectivity index (χ0n) is 17.4. The average molecular weight is 455 g/mol. The lowest BCUT2D eigenvalue weighted by Gasteiger charge is -2.12. The van der Waals surface area contributed by atoms with Crippen molar-refractivity contribution in [2.45, 2.75) is 6.42 Å². The first-order valence-corrected chi connectivity index (χ1v) is 10.2. The summed E-state index contributed by atoms with van der Waals surface area (Å²) in [5, 5.41) is 4.21. The van der Waals surface area contributed by atoms with Gasteiger partial charge in [-0.2, -0.15) is 14.6 Å². The van der Waals surface area contributed by atoms with Crippen molar-refractivity contribution >= 4 is 22.4 Å². The molecule has 0 saturated carbocycles. The van der Waals surface area contributed by atoms with Gasteiger partial charge in [0, 0.05) is 6.42 Å². The van der Waals surface area contributed by atoms with E-state index < -0.39 is 11.1 Å². The molecule has 0 radical (unpaired) electrons.